The zero-order valence-electron chi connectivity index (χ0n) is 7.48. The molecule has 13 heavy (non-hydrogen) atoms. The molecule has 0 rings (SSSR count). The molecule has 0 aliphatic rings. The summed E-state index contributed by atoms with van der Waals surface area (Å²) in [7, 11) is 0. The second kappa shape index (κ2) is 7.97. The summed E-state index contributed by atoms with van der Waals surface area (Å²) in [6.45, 7) is -0.523. The summed E-state index contributed by atoms with van der Waals surface area (Å²) in [5.74, 6) is -0.416. The topological polar surface area (TPSA) is 87.0 Å². The van der Waals surface area contributed by atoms with Crippen molar-refractivity contribution in [3.8, 4) is 0 Å². The van der Waals surface area contributed by atoms with E-state index in [1.807, 2.05) is 0 Å². The predicted octanol–water partition coefficient (Wildman–Crippen LogP) is -0.955. The second-order valence-electron chi connectivity index (χ2n) is 2.70. The van der Waals surface area contributed by atoms with Crippen LogP contribution in [0.4, 0.5) is 0 Å². The van der Waals surface area contributed by atoms with Gasteiger partial charge in [-0.1, -0.05) is 0 Å². The van der Waals surface area contributed by atoms with Crippen LogP contribution in [0, 0.1) is 0 Å². The highest BCUT2D eigenvalue weighted by Gasteiger charge is 2.06. The Bertz CT molecular complexity index is 136. The van der Waals surface area contributed by atoms with Gasteiger partial charge in [0.25, 0.3) is 0 Å². The Morgan fingerprint density at radius 1 is 1.31 bits per heavy atom. The normalized spacial score (nSPS) is 12.5. The first kappa shape index (κ1) is 12.3. The van der Waals surface area contributed by atoms with Crippen molar-refractivity contribution >= 4 is 5.97 Å². The van der Waals surface area contributed by atoms with Crippen molar-refractivity contribution < 1.29 is 24.9 Å². The molecule has 3 N–H and O–H groups in total. The summed E-state index contributed by atoms with van der Waals surface area (Å²) in [6, 6.07) is 0. The van der Waals surface area contributed by atoms with Crippen LogP contribution in [0.3, 0.4) is 0 Å². The van der Waals surface area contributed by atoms with Crippen LogP contribution in [-0.4, -0.2) is 47.2 Å². The molecule has 78 valence electrons. The highest BCUT2D eigenvalue weighted by Crippen LogP contribution is 1.97. The summed E-state index contributed by atoms with van der Waals surface area (Å²) in [6.07, 6.45) is 0.378. The van der Waals surface area contributed by atoms with Crippen molar-refractivity contribution in [2.24, 2.45) is 0 Å². The molecule has 0 aromatic carbocycles. The number of unbranched alkanes of at least 4 members (excludes halogenated alkanes) is 1. The summed E-state index contributed by atoms with van der Waals surface area (Å²) < 4.78 is 4.61. The molecule has 0 spiro atoms. The Labute approximate surface area is 77.0 Å². The van der Waals surface area contributed by atoms with Gasteiger partial charge in [-0.2, -0.15) is 0 Å². The molecule has 5 nitrogen and oxygen atoms in total. The SMILES string of the molecule is O=C(CCCCO)OCC(O)CO. The minimum Gasteiger partial charge on any atom is -0.463 e. The van der Waals surface area contributed by atoms with E-state index >= 15 is 0 Å². The molecule has 0 fully saturated rings. The average molecular weight is 192 g/mol. The monoisotopic (exact) mass is 192 g/mol. The van der Waals surface area contributed by atoms with E-state index < -0.39 is 18.7 Å². The largest absolute Gasteiger partial charge is 0.463 e. The zero-order chi connectivity index (χ0) is 10.1. The van der Waals surface area contributed by atoms with Crippen molar-refractivity contribution in [1.29, 1.82) is 0 Å². The van der Waals surface area contributed by atoms with Gasteiger partial charge in [0.1, 0.15) is 12.7 Å². The number of ether oxygens (including phenoxy) is 1. The first-order valence-electron chi connectivity index (χ1n) is 4.26. The number of carbonyl (C=O) groups is 1. The molecule has 1 atom stereocenters. The van der Waals surface area contributed by atoms with Gasteiger partial charge < -0.3 is 20.1 Å². The van der Waals surface area contributed by atoms with E-state index in [-0.39, 0.29) is 19.6 Å². The molecule has 0 heterocycles. The molecule has 0 bridgehead atoms. The molecule has 0 aromatic rings. The molecular weight excluding hydrogens is 176 g/mol. The van der Waals surface area contributed by atoms with E-state index in [2.05, 4.69) is 4.74 Å². The van der Waals surface area contributed by atoms with Gasteiger partial charge in [-0.05, 0) is 12.8 Å². The van der Waals surface area contributed by atoms with Crippen molar-refractivity contribution in [1.82, 2.24) is 0 Å². The van der Waals surface area contributed by atoms with Gasteiger partial charge >= 0.3 is 5.97 Å². The van der Waals surface area contributed by atoms with Crippen molar-refractivity contribution in [2.75, 3.05) is 19.8 Å². The fourth-order valence-corrected chi connectivity index (χ4v) is 0.695. The molecule has 0 aromatic heterocycles. The quantitative estimate of drug-likeness (QED) is 0.357. The molecular formula is C8H16O5. The molecule has 1 unspecified atom stereocenters. The lowest BCUT2D eigenvalue weighted by atomic mass is 10.2. The maximum Gasteiger partial charge on any atom is 0.305 e. The van der Waals surface area contributed by atoms with Gasteiger partial charge in [-0.15, -0.1) is 0 Å². The lowest BCUT2D eigenvalue weighted by molar-refractivity contribution is -0.147. The lowest BCUT2D eigenvalue weighted by Crippen LogP contribution is -2.21. The van der Waals surface area contributed by atoms with Crippen LogP contribution in [0.5, 0.6) is 0 Å². The number of aliphatic hydroxyl groups is 3. The predicted molar refractivity (Wildman–Crippen MR) is 45.0 cm³/mol. The minimum absolute atomic E-state index is 0.0620. The van der Waals surface area contributed by atoms with Crippen molar-refractivity contribution in [3.05, 3.63) is 0 Å². The number of rotatable bonds is 7. The Kier molecular flexibility index (Phi) is 7.57. The van der Waals surface area contributed by atoms with Crippen molar-refractivity contribution in [2.45, 2.75) is 25.4 Å². The van der Waals surface area contributed by atoms with Gasteiger partial charge in [0, 0.05) is 13.0 Å². The summed E-state index contributed by atoms with van der Waals surface area (Å²) in [4.78, 5) is 10.8. The van der Waals surface area contributed by atoms with Gasteiger partial charge in [0.05, 0.1) is 6.61 Å². The highest BCUT2D eigenvalue weighted by molar-refractivity contribution is 5.69. The van der Waals surface area contributed by atoms with E-state index in [0.29, 0.717) is 12.8 Å². The lowest BCUT2D eigenvalue weighted by Gasteiger charge is -2.07. The van der Waals surface area contributed by atoms with E-state index in [1.54, 1.807) is 0 Å². The van der Waals surface area contributed by atoms with Gasteiger partial charge in [-0.3, -0.25) is 4.79 Å². The Balaban J connectivity index is 3.30. The summed E-state index contributed by atoms with van der Waals surface area (Å²) in [5.41, 5.74) is 0. The van der Waals surface area contributed by atoms with Gasteiger partial charge in [-0.25, -0.2) is 0 Å². The summed E-state index contributed by atoms with van der Waals surface area (Å²) in [5, 5.41) is 25.6. The third-order valence-corrected chi connectivity index (χ3v) is 1.44. The van der Waals surface area contributed by atoms with E-state index in [1.165, 1.54) is 0 Å². The van der Waals surface area contributed by atoms with E-state index in [9.17, 15) is 4.79 Å². The smallest absolute Gasteiger partial charge is 0.305 e. The minimum atomic E-state index is -0.998. The van der Waals surface area contributed by atoms with Crippen LogP contribution in [0.2, 0.25) is 0 Å². The molecule has 0 aliphatic heterocycles. The summed E-state index contributed by atoms with van der Waals surface area (Å²) >= 11 is 0. The number of carbonyl (C=O) groups excluding carboxylic acids is 1. The van der Waals surface area contributed by atoms with Gasteiger partial charge in [0.2, 0.25) is 0 Å². The Morgan fingerprint density at radius 3 is 2.54 bits per heavy atom. The molecule has 0 aliphatic carbocycles. The molecule has 0 radical (unpaired) electrons. The molecule has 0 saturated carbocycles. The highest BCUT2D eigenvalue weighted by atomic mass is 16.5. The number of aliphatic hydroxyl groups excluding tert-OH is 3. The molecule has 5 heteroatoms. The number of hydrogen-bond donors (Lipinski definition) is 3. The maximum absolute atomic E-state index is 10.8. The maximum atomic E-state index is 10.8. The van der Waals surface area contributed by atoms with Gasteiger partial charge in [0.15, 0.2) is 0 Å². The van der Waals surface area contributed by atoms with Crippen LogP contribution >= 0.6 is 0 Å². The Morgan fingerprint density at radius 2 is 2.00 bits per heavy atom. The van der Waals surface area contributed by atoms with Crippen LogP contribution < -0.4 is 0 Å². The van der Waals surface area contributed by atoms with Crippen LogP contribution in [0.25, 0.3) is 0 Å². The Hall–Kier alpha value is -0.650. The van der Waals surface area contributed by atoms with E-state index in [0.717, 1.165) is 0 Å². The van der Waals surface area contributed by atoms with E-state index in [4.69, 9.17) is 15.3 Å². The zero-order valence-corrected chi connectivity index (χ0v) is 7.48. The fourth-order valence-electron chi connectivity index (χ4n) is 0.695. The third-order valence-electron chi connectivity index (χ3n) is 1.44. The van der Waals surface area contributed by atoms with Crippen LogP contribution in [0.1, 0.15) is 19.3 Å². The third kappa shape index (κ3) is 7.70. The molecule has 0 saturated heterocycles. The fraction of sp³-hybridized carbons (Fsp3) is 0.875. The van der Waals surface area contributed by atoms with Crippen LogP contribution in [-0.2, 0) is 9.53 Å². The first-order chi connectivity index (χ1) is 6.20. The average Bonchev–Trinajstić information content (AvgIpc) is 2.14. The second-order valence-corrected chi connectivity index (χ2v) is 2.70. The van der Waals surface area contributed by atoms with Crippen molar-refractivity contribution in [3.63, 3.8) is 0 Å². The number of esters is 1. The number of hydrogen-bond acceptors (Lipinski definition) is 5. The standard InChI is InChI=1S/C8H16O5/c9-4-2-1-3-8(12)13-6-7(11)5-10/h7,9-11H,1-6H2. The first-order valence-corrected chi connectivity index (χ1v) is 4.26. The molecule has 0 amide bonds. The van der Waals surface area contributed by atoms with Crippen LogP contribution in [0.15, 0.2) is 0 Å².